The lowest BCUT2D eigenvalue weighted by molar-refractivity contribution is 0.0470. The van der Waals surface area contributed by atoms with Crippen LogP contribution in [0.3, 0.4) is 0 Å². The topological polar surface area (TPSA) is 80.8 Å². The van der Waals surface area contributed by atoms with Crippen LogP contribution in [0.2, 0.25) is 0 Å². The third-order valence-corrected chi connectivity index (χ3v) is 6.05. The van der Waals surface area contributed by atoms with Crippen molar-refractivity contribution in [2.75, 3.05) is 19.7 Å². The number of benzene rings is 2. The largest absolute Gasteiger partial charge is 0.454 e. The van der Waals surface area contributed by atoms with Gasteiger partial charge in [-0.3, -0.25) is 4.79 Å². The van der Waals surface area contributed by atoms with Crippen molar-refractivity contribution in [2.24, 2.45) is 0 Å². The molecule has 0 heterocycles. The van der Waals surface area contributed by atoms with Crippen LogP contribution in [0.4, 0.5) is 8.78 Å². The number of sulfonamides is 1. The Labute approximate surface area is 161 Å². The van der Waals surface area contributed by atoms with Crippen molar-refractivity contribution in [2.45, 2.75) is 18.7 Å². The van der Waals surface area contributed by atoms with Gasteiger partial charge in [-0.15, -0.1) is 0 Å². The molecular weight excluding hydrogens is 392 g/mol. The molecular formula is C19H19F2NO5S. The van der Waals surface area contributed by atoms with Crippen LogP contribution >= 0.6 is 0 Å². The number of hydrogen-bond acceptors (Lipinski definition) is 5. The summed E-state index contributed by atoms with van der Waals surface area (Å²) in [6.07, 6.45) is 0. The van der Waals surface area contributed by atoms with Crippen molar-refractivity contribution in [1.29, 1.82) is 0 Å². The molecule has 2 rings (SSSR count). The molecule has 0 saturated heterocycles. The summed E-state index contributed by atoms with van der Waals surface area (Å²) in [5.74, 6) is -3.29. The van der Waals surface area contributed by atoms with Gasteiger partial charge in [0.1, 0.15) is 11.6 Å². The molecule has 0 aliphatic rings. The standard InChI is InChI=1S/C19H19F2NO5S/c1-3-22(4-2)28(25,26)15-9-10-17(21)16(11-15)19(24)27-12-18(23)13-5-7-14(20)8-6-13/h5-11H,3-4,12H2,1-2H3. The van der Waals surface area contributed by atoms with E-state index in [-0.39, 0.29) is 23.5 Å². The van der Waals surface area contributed by atoms with Gasteiger partial charge < -0.3 is 4.74 Å². The number of rotatable bonds is 8. The maximum atomic E-state index is 14.0. The number of Topliss-reactive ketones (excluding diaryl/α,β-unsaturated/α-hetero) is 1. The first-order chi connectivity index (χ1) is 13.2. The zero-order valence-electron chi connectivity index (χ0n) is 15.3. The summed E-state index contributed by atoms with van der Waals surface area (Å²) in [6, 6.07) is 7.41. The molecule has 2 aromatic carbocycles. The van der Waals surface area contributed by atoms with Crippen molar-refractivity contribution < 1.29 is 31.5 Å². The number of carbonyl (C=O) groups is 2. The van der Waals surface area contributed by atoms with Crippen molar-refractivity contribution in [3.05, 3.63) is 65.2 Å². The second kappa shape index (κ2) is 9.03. The summed E-state index contributed by atoms with van der Waals surface area (Å²) in [5, 5.41) is 0. The molecule has 0 aliphatic carbocycles. The molecule has 0 atom stereocenters. The van der Waals surface area contributed by atoms with Crippen LogP contribution in [-0.2, 0) is 14.8 Å². The van der Waals surface area contributed by atoms with Crippen LogP contribution in [0.1, 0.15) is 34.6 Å². The van der Waals surface area contributed by atoms with Gasteiger partial charge in [0, 0.05) is 18.7 Å². The summed E-state index contributed by atoms with van der Waals surface area (Å²) in [5.41, 5.74) is -0.479. The molecule has 0 unspecified atom stereocenters. The van der Waals surface area contributed by atoms with E-state index in [0.717, 1.165) is 34.6 Å². The Morgan fingerprint density at radius 3 is 2.18 bits per heavy atom. The number of carbonyl (C=O) groups excluding carboxylic acids is 2. The van der Waals surface area contributed by atoms with E-state index in [2.05, 4.69) is 0 Å². The molecule has 28 heavy (non-hydrogen) atoms. The van der Waals surface area contributed by atoms with Gasteiger partial charge in [-0.1, -0.05) is 13.8 Å². The number of ether oxygens (including phenoxy) is 1. The van der Waals surface area contributed by atoms with Gasteiger partial charge in [0.05, 0.1) is 10.5 Å². The minimum absolute atomic E-state index is 0.118. The lowest BCUT2D eigenvalue weighted by Gasteiger charge is -2.18. The van der Waals surface area contributed by atoms with Gasteiger partial charge in [0.15, 0.2) is 12.4 Å². The second-order valence-corrected chi connectivity index (χ2v) is 7.68. The van der Waals surface area contributed by atoms with E-state index in [0.29, 0.717) is 0 Å². The molecule has 0 bridgehead atoms. The number of nitrogens with zero attached hydrogens (tertiary/aromatic N) is 1. The fraction of sp³-hybridized carbons (Fsp3) is 0.263. The number of esters is 1. The van der Waals surface area contributed by atoms with E-state index in [4.69, 9.17) is 4.74 Å². The minimum atomic E-state index is -3.90. The molecule has 150 valence electrons. The molecule has 6 nitrogen and oxygen atoms in total. The van der Waals surface area contributed by atoms with Gasteiger partial charge >= 0.3 is 5.97 Å². The summed E-state index contributed by atoms with van der Waals surface area (Å²) in [4.78, 5) is 23.9. The highest BCUT2D eigenvalue weighted by atomic mass is 32.2. The monoisotopic (exact) mass is 411 g/mol. The van der Waals surface area contributed by atoms with E-state index >= 15 is 0 Å². The molecule has 0 fully saturated rings. The molecule has 9 heteroatoms. The van der Waals surface area contributed by atoms with Gasteiger partial charge in [-0.2, -0.15) is 4.31 Å². The zero-order valence-corrected chi connectivity index (χ0v) is 16.1. The van der Waals surface area contributed by atoms with Crippen LogP contribution in [0, 0.1) is 11.6 Å². The number of halogens is 2. The first kappa shape index (κ1) is 21.6. The van der Waals surface area contributed by atoms with Gasteiger partial charge in [0.2, 0.25) is 10.0 Å². The molecule has 0 spiro atoms. The van der Waals surface area contributed by atoms with Crippen LogP contribution in [0.5, 0.6) is 0 Å². The summed E-state index contributed by atoms with van der Waals surface area (Å²) in [6.45, 7) is 3.03. The van der Waals surface area contributed by atoms with Gasteiger partial charge in [0.25, 0.3) is 0 Å². The highest BCUT2D eigenvalue weighted by molar-refractivity contribution is 7.89. The maximum Gasteiger partial charge on any atom is 0.341 e. The SMILES string of the molecule is CCN(CC)S(=O)(=O)c1ccc(F)c(C(=O)OCC(=O)c2ccc(F)cc2)c1. The molecule has 0 N–H and O–H groups in total. The Balaban J connectivity index is 2.19. The van der Waals surface area contributed by atoms with Crippen molar-refractivity contribution >= 4 is 21.8 Å². The Kier molecular flexibility index (Phi) is 6.98. The number of hydrogen-bond donors (Lipinski definition) is 0. The Hall–Kier alpha value is -2.65. The molecule has 2 aromatic rings. The van der Waals surface area contributed by atoms with Crippen molar-refractivity contribution in [3.63, 3.8) is 0 Å². The van der Waals surface area contributed by atoms with E-state index in [1.54, 1.807) is 13.8 Å². The highest BCUT2D eigenvalue weighted by Crippen LogP contribution is 2.20. The number of ketones is 1. The molecule has 0 aromatic heterocycles. The smallest absolute Gasteiger partial charge is 0.341 e. The van der Waals surface area contributed by atoms with E-state index in [1.807, 2.05) is 0 Å². The Morgan fingerprint density at radius 2 is 1.61 bits per heavy atom. The maximum absolute atomic E-state index is 14.0. The second-order valence-electron chi connectivity index (χ2n) is 5.74. The first-order valence-electron chi connectivity index (χ1n) is 8.46. The van der Waals surface area contributed by atoms with Gasteiger partial charge in [-0.25, -0.2) is 22.0 Å². The van der Waals surface area contributed by atoms with E-state index in [9.17, 15) is 26.8 Å². The summed E-state index contributed by atoms with van der Waals surface area (Å²) in [7, 11) is -3.90. The molecule has 0 amide bonds. The third kappa shape index (κ3) is 4.79. The van der Waals surface area contributed by atoms with E-state index < -0.39 is 45.6 Å². The minimum Gasteiger partial charge on any atom is -0.454 e. The lowest BCUT2D eigenvalue weighted by atomic mass is 10.1. The Morgan fingerprint density at radius 1 is 1.00 bits per heavy atom. The predicted octanol–water partition coefficient (Wildman–Crippen LogP) is 3.04. The van der Waals surface area contributed by atoms with Crippen LogP contribution in [0.15, 0.2) is 47.4 Å². The average molecular weight is 411 g/mol. The fourth-order valence-electron chi connectivity index (χ4n) is 2.46. The quantitative estimate of drug-likeness (QED) is 0.493. The molecule has 0 aliphatic heterocycles. The third-order valence-electron chi connectivity index (χ3n) is 4.00. The normalized spacial score (nSPS) is 11.5. The highest BCUT2D eigenvalue weighted by Gasteiger charge is 2.25. The summed E-state index contributed by atoms with van der Waals surface area (Å²) < 4.78 is 57.9. The molecule has 0 radical (unpaired) electrons. The lowest BCUT2D eigenvalue weighted by Crippen LogP contribution is -2.30. The predicted molar refractivity (Wildman–Crippen MR) is 97.5 cm³/mol. The zero-order chi connectivity index (χ0) is 20.9. The van der Waals surface area contributed by atoms with Crippen molar-refractivity contribution in [1.82, 2.24) is 4.31 Å². The van der Waals surface area contributed by atoms with Gasteiger partial charge in [-0.05, 0) is 42.5 Å². The van der Waals surface area contributed by atoms with Crippen LogP contribution < -0.4 is 0 Å². The first-order valence-corrected chi connectivity index (χ1v) is 9.90. The van der Waals surface area contributed by atoms with Crippen LogP contribution in [0.25, 0.3) is 0 Å². The average Bonchev–Trinajstić information content (AvgIpc) is 2.67. The van der Waals surface area contributed by atoms with Crippen molar-refractivity contribution in [3.8, 4) is 0 Å². The summed E-state index contributed by atoms with van der Waals surface area (Å²) >= 11 is 0. The molecule has 0 saturated carbocycles. The van der Waals surface area contributed by atoms with E-state index in [1.165, 1.54) is 12.1 Å². The van der Waals surface area contributed by atoms with Crippen LogP contribution in [-0.4, -0.2) is 44.2 Å². The Bertz CT molecular complexity index is 970. The fourth-order valence-corrected chi connectivity index (χ4v) is 3.95.